The van der Waals surface area contributed by atoms with Gasteiger partial charge in [0, 0.05) is 0 Å². The van der Waals surface area contributed by atoms with E-state index < -0.39 is 17.5 Å². The van der Waals surface area contributed by atoms with Crippen LogP contribution in [0.1, 0.15) is 18.4 Å². The van der Waals surface area contributed by atoms with E-state index >= 15 is 0 Å². The number of hydrogen-bond donors (Lipinski definition) is 2. The van der Waals surface area contributed by atoms with Crippen molar-refractivity contribution in [2.75, 3.05) is 13.2 Å². The fraction of sp³-hybridized carbons (Fsp3) is 0.500. The third-order valence-corrected chi connectivity index (χ3v) is 4.51. The van der Waals surface area contributed by atoms with Crippen LogP contribution in [0.2, 0.25) is 0 Å². The average Bonchev–Trinajstić information content (AvgIpc) is 2.52. The van der Waals surface area contributed by atoms with Gasteiger partial charge in [0.15, 0.2) is 0 Å². The molecule has 2 bridgehead atoms. The molecular formula is C16H21N3O4. The summed E-state index contributed by atoms with van der Waals surface area (Å²) in [6.45, 7) is 0.881. The molecular weight excluding hydrogens is 298 g/mol. The van der Waals surface area contributed by atoms with Crippen LogP contribution in [0.25, 0.3) is 0 Å². The Morgan fingerprint density at radius 2 is 1.83 bits per heavy atom. The largest absolute Gasteiger partial charge is 0.445 e. The summed E-state index contributed by atoms with van der Waals surface area (Å²) in [6.07, 6.45) is 0.178. The summed E-state index contributed by atoms with van der Waals surface area (Å²) in [7, 11) is 0. The van der Waals surface area contributed by atoms with Gasteiger partial charge in [-0.15, -0.1) is 0 Å². The van der Waals surface area contributed by atoms with Gasteiger partial charge in [-0.05, 0) is 18.4 Å². The number of carbonyl (C=O) groups excluding carboxylic acids is 2. The quantitative estimate of drug-likeness (QED) is 0.837. The SMILES string of the molecule is NC(=O)C1(N)CC2COCC(C1)N2C(=O)OCc1ccccc1. The lowest BCUT2D eigenvalue weighted by Gasteiger charge is -2.50. The van der Waals surface area contributed by atoms with Crippen molar-refractivity contribution >= 4 is 12.0 Å². The number of primary amides is 1. The van der Waals surface area contributed by atoms with Crippen LogP contribution in [-0.4, -0.2) is 47.7 Å². The Kier molecular flexibility index (Phi) is 4.23. The summed E-state index contributed by atoms with van der Waals surface area (Å²) in [6, 6.07) is 8.90. The van der Waals surface area contributed by atoms with Gasteiger partial charge in [-0.1, -0.05) is 30.3 Å². The second-order valence-corrected chi connectivity index (χ2v) is 6.22. The van der Waals surface area contributed by atoms with Crippen LogP contribution in [0.5, 0.6) is 0 Å². The topological polar surface area (TPSA) is 108 Å². The predicted octanol–water partition coefficient (Wildman–Crippen LogP) is 0.369. The summed E-state index contributed by atoms with van der Waals surface area (Å²) in [4.78, 5) is 25.7. The van der Waals surface area contributed by atoms with Gasteiger partial charge in [-0.25, -0.2) is 4.79 Å². The first-order valence-corrected chi connectivity index (χ1v) is 7.65. The number of nitrogens with zero attached hydrogens (tertiary/aromatic N) is 1. The zero-order valence-electron chi connectivity index (χ0n) is 12.8. The molecule has 2 amide bonds. The van der Waals surface area contributed by atoms with Gasteiger partial charge in [-0.3, -0.25) is 9.69 Å². The van der Waals surface area contributed by atoms with Gasteiger partial charge in [0.1, 0.15) is 6.61 Å². The summed E-state index contributed by atoms with van der Waals surface area (Å²) < 4.78 is 10.9. The molecule has 2 saturated heterocycles. The summed E-state index contributed by atoms with van der Waals surface area (Å²) in [5.74, 6) is -0.535. The molecule has 7 heteroatoms. The van der Waals surface area contributed by atoms with Crippen LogP contribution in [-0.2, 0) is 20.9 Å². The normalized spacial score (nSPS) is 29.9. The van der Waals surface area contributed by atoms with E-state index in [9.17, 15) is 9.59 Å². The van der Waals surface area contributed by atoms with Crippen molar-refractivity contribution in [3.63, 3.8) is 0 Å². The highest BCUT2D eigenvalue weighted by Gasteiger charge is 2.50. The Labute approximate surface area is 134 Å². The molecule has 1 aromatic carbocycles. The molecule has 2 fully saturated rings. The van der Waals surface area contributed by atoms with Crippen LogP contribution < -0.4 is 11.5 Å². The standard InChI is InChI=1S/C16H21N3O4/c17-14(20)16(18)6-12-9-22-10-13(7-16)19(12)15(21)23-8-11-4-2-1-3-5-11/h1-5,12-13H,6-10,18H2,(H2,17,20). The smallest absolute Gasteiger partial charge is 0.410 e. The van der Waals surface area contributed by atoms with Gasteiger partial charge in [-0.2, -0.15) is 0 Å². The van der Waals surface area contributed by atoms with Crippen LogP contribution in [0, 0.1) is 0 Å². The Balaban J connectivity index is 1.68. The van der Waals surface area contributed by atoms with Crippen LogP contribution in [0.3, 0.4) is 0 Å². The van der Waals surface area contributed by atoms with Crippen molar-refractivity contribution in [3.8, 4) is 0 Å². The second kappa shape index (κ2) is 6.17. The monoisotopic (exact) mass is 319 g/mol. The van der Waals surface area contributed by atoms with Crippen molar-refractivity contribution in [3.05, 3.63) is 35.9 Å². The minimum Gasteiger partial charge on any atom is -0.445 e. The van der Waals surface area contributed by atoms with E-state index in [1.165, 1.54) is 0 Å². The molecule has 0 saturated carbocycles. The van der Waals surface area contributed by atoms with Gasteiger partial charge in [0.2, 0.25) is 5.91 Å². The number of morpholine rings is 1. The number of fused-ring (bicyclic) bond motifs is 2. The highest BCUT2D eigenvalue weighted by atomic mass is 16.6. The molecule has 0 aromatic heterocycles. The zero-order chi connectivity index (χ0) is 16.4. The van der Waals surface area contributed by atoms with E-state index in [1.807, 2.05) is 30.3 Å². The molecule has 0 aliphatic carbocycles. The molecule has 3 rings (SSSR count). The zero-order valence-corrected chi connectivity index (χ0v) is 12.8. The molecule has 2 aliphatic rings. The van der Waals surface area contributed by atoms with E-state index in [-0.39, 0.29) is 18.7 Å². The van der Waals surface area contributed by atoms with Crippen LogP contribution >= 0.6 is 0 Å². The Hall–Kier alpha value is -2.12. The summed E-state index contributed by atoms with van der Waals surface area (Å²) in [5.41, 5.74) is 11.4. The summed E-state index contributed by atoms with van der Waals surface area (Å²) >= 11 is 0. The summed E-state index contributed by atoms with van der Waals surface area (Å²) in [5, 5.41) is 0. The number of nitrogens with two attached hydrogens (primary N) is 2. The van der Waals surface area contributed by atoms with Crippen molar-refractivity contribution in [1.29, 1.82) is 0 Å². The molecule has 2 unspecified atom stereocenters. The molecule has 0 radical (unpaired) electrons. The molecule has 2 atom stereocenters. The number of hydrogen-bond acceptors (Lipinski definition) is 5. The maximum absolute atomic E-state index is 12.5. The molecule has 23 heavy (non-hydrogen) atoms. The van der Waals surface area contributed by atoms with Crippen molar-refractivity contribution < 1.29 is 19.1 Å². The van der Waals surface area contributed by atoms with Gasteiger partial charge in [0.05, 0.1) is 30.8 Å². The highest BCUT2D eigenvalue weighted by Crippen LogP contribution is 2.33. The first-order valence-electron chi connectivity index (χ1n) is 7.65. The Morgan fingerprint density at radius 3 is 2.39 bits per heavy atom. The first kappa shape index (κ1) is 15.8. The molecule has 7 nitrogen and oxygen atoms in total. The molecule has 2 heterocycles. The number of rotatable bonds is 3. The van der Waals surface area contributed by atoms with Gasteiger partial charge < -0.3 is 20.9 Å². The Morgan fingerprint density at radius 1 is 1.22 bits per heavy atom. The first-order chi connectivity index (χ1) is 11.0. The minimum absolute atomic E-state index is 0.208. The number of ether oxygens (including phenoxy) is 2. The van der Waals surface area contributed by atoms with E-state index in [2.05, 4.69) is 0 Å². The number of piperidine rings is 1. The van der Waals surface area contributed by atoms with E-state index in [0.29, 0.717) is 26.1 Å². The lowest BCUT2D eigenvalue weighted by Crippen LogP contribution is -2.69. The number of amides is 2. The van der Waals surface area contributed by atoms with Gasteiger partial charge >= 0.3 is 6.09 Å². The van der Waals surface area contributed by atoms with E-state index in [4.69, 9.17) is 20.9 Å². The lowest BCUT2D eigenvalue weighted by atomic mass is 9.79. The Bertz CT molecular complexity index is 578. The third kappa shape index (κ3) is 3.16. The minimum atomic E-state index is -1.09. The number of carbonyl (C=O) groups is 2. The van der Waals surface area contributed by atoms with Crippen LogP contribution in [0.4, 0.5) is 4.79 Å². The van der Waals surface area contributed by atoms with Crippen molar-refractivity contribution in [1.82, 2.24) is 4.90 Å². The number of benzene rings is 1. The molecule has 0 spiro atoms. The third-order valence-electron chi connectivity index (χ3n) is 4.51. The fourth-order valence-electron chi connectivity index (χ4n) is 3.33. The van der Waals surface area contributed by atoms with Crippen molar-refractivity contribution in [2.24, 2.45) is 11.5 Å². The van der Waals surface area contributed by atoms with E-state index in [0.717, 1.165) is 5.56 Å². The maximum atomic E-state index is 12.5. The van der Waals surface area contributed by atoms with Crippen LogP contribution in [0.15, 0.2) is 30.3 Å². The van der Waals surface area contributed by atoms with Gasteiger partial charge in [0.25, 0.3) is 0 Å². The molecule has 2 aliphatic heterocycles. The van der Waals surface area contributed by atoms with Crippen molar-refractivity contribution in [2.45, 2.75) is 37.1 Å². The second-order valence-electron chi connectivity index (χ2n) is 6.22. The van der Waals surface area contributed by atoms with E-state index in [1.54, 1.807) is 4.90 Å². The molecule has 1 aromatic rings. The maximum Gasteiger partial charge on any atom is 0.410 e. The fourth-order valence-corrected chi connectivity index (χ4v) is 3.33. The molecule has 124 valence electrons. The highest BCUT2D eigenvalue weighted by molar-refractivity contribution is 5.85. The average molecular weight is 319 g/mol. The predicted molar refractivity (Wildman–Crippen MR) is 82.2 cm³/mol. The lowest BCUT2D eigenvalue weighted by molar-refractivity contribution is -0.132. The molecule has 4 N–H and O–H groups in total.